The van der Waals surface area contributed by atoms with Gasteiger partial charge in [0.05, 0.1) is 24.9 Å². The van der Waals surface area contributed by atoms with E-state index in [1.807, 2.05) is 22.9 Å². The Morgan fingerprint density at radius 3 is 2.45 bits per heavy atom. The summed E-state index contributed by atoms with van der Waals surface area (Å²) in [6, 6.07) is 8.78. The molecule has 2 aromatic heterocycles. The molecule has 1 aliphatic heterocycles. The first kappa shape index (κ1) is 30.3. The number of ether oxygens (including phenoxy) is 2. The molecule has 2 aliphatic rings. The van der Waals surface area contributed by atoms with E-state index in [1.165, 1.54) is 0 Å². The lowest BCUT2D eigenvalue weighted by Crippen LogP contribution is -2.53. The number of rotatable bonds is 8. The van der Waals surface area contributed by atoms with Crippen LogP contribution in [0.2, 0.25) is 5.02 Å². The number of nitrogens with one attached hydrogen (secondary N) is 2. The maximum absolute atomic E-state index is 11.8. The predicted octanol–water partition coefficient (Wildman–Crippen LogP) is 6.79. The lowest BCUT2D eigenvalue weighted by atomic mass is 9.77. The first-order valence-corrected chi connectivity index (χ1v) is 15.3. The van der Waals surface area contributed by atoms with E-state index in [0.717, 1.165) is 67.7 Å². The topological polar surface area (TPSA) is 100 Å². The number of halogens is 1. The smallest absolute Gasteiger partial charge is 0.407 e. The molecule has 2 atom stereocenters. The Kier molecular flexibility index (Phi) is 9.08. The summed E-state index contributed by atoms with van der Waals surface area (Å²) >= 11 is 6.40. The van der Waals surface area contributed by atoms with Crippen molar-refractivity contribution in [3.05, 3.63) is 41.7 Å². The molecule has 0 bridgehead atoms. The van der Waals surface area contributed by atoms with Crippen LogP contribution in [0.25, 0.3) is 16.9 Å². The standard InChI is InChI=1S/C32H44ClN5O4/c1-32(2,3)29-14-20(10-13-38(29)31(39)40)18-34-21-6-8-22(9-7-21)35-23-11-12-37-19-26(36-30(37)15-23)24-16-25(33)28(42-5)17-27(24)41-4/h11-12,15-17,19-22,29,34-35H,6-10,13-14,18H2,1-5H3,(H,39,40). The normalized spacial score (nSPS) is 23.1. The van der Waals surface area contributed by atoms with Gasteiger partial charge in [-0.15, -0.1) is 0 Å². The molecule has 2 unspecified atom stereocenters. The van der Waals surface area contributed by atoms with Crippen molar-refractivity contribution in [2.45, 2.75) is 77.4 Å². The molecular weight excluding hydrogens is 554 g/mol. The van der Waals surface area contributed by atoms with Crippen LogP contribution in [0.3, 0.4) is 0 Å². The van der Waals surface area contributed by atoms with E-state index in [2.05, 4.69) is 43.5 Å². The second-order valence-electron chi connectivity index (χ2n) is 12.8. The molecule has 2 fully saturated rings. The molecule has 5 rings (SSSR count). The molecule has 3 aromatic rings. The third kappa shape index (κ3) is 6.73. The Bertz CT molecular complexity index is 1400. The minimum atomic E-state index is -0.790. The molecular formula is C32H44ClN5O4. The number of imidazole rings is 1. The summed E-state index contributed by atoms with van der Waals surface area (Å²) in [6.45, 7) is 8.04. The summed E-state index contributed by atoms with van der Waals surface area (Å²) in [7, 11) is 3.21. The van der Waals surface area contributed by atoms with E-state index in [0.29, 0.717) is 41.1 Å². The largest absolute Gasteiger partial charge is 0.496 e. The van der Waals surface area contributed by atoms with Crippen molar-refractivity contribution < 1.29 is 19.4 Å². The first-order chi connectivity index (χ1) is 20.0. The number of likely N-dealkylation sites (tertiary alicyclic amines) is 1. The SMILES string of the molecule is COc1cc(OC)c(-c2cn3ccc(NC4CCC(NCC5CCN(C(=O)O)C(C(C)(C)C)C5)CC4)cc3n2)cc1Cl. The quantitative estimate of drug-likeness (QED) is 0.263. The molecule has 1 amide bonds. The van der Waals surface area contributed by atoms with Crippen LogP contribution in [0.5, 0.6) is 11.5 Å². The molecule has 9 nitrogen and oxygen atoms in total. The van der Waals surface area contributed by atoms with Gasteiger partial charge in [0.15, 0.2) is 0 Å². The summed E-state index contributed by atoms with van der Waals surface area (Å²) in [6.07, 6.45) is 9.53. The highest BCUT2D eigenvalue weighted by molar-refractivity contribution is 6.32. The van der Waals surface area contributed by atoms with Gasteiger partial charge in [-0.05, 0) is 68.5 Å². The van der Waals surface area contributed by atoms with Gasteiger partial charge in [-0.3, -0.25) is 0 Å². The summed E-state index contributed by atoms with van der Waals surface area (Å²) in [5, 5.41) is 17.7. The molecule has 3 N–H and O–H groups in total. The Labute approximate surface area is 253 Å². The van der Waals surface area contributed by atoms with E-state index in [-0.39, 0.29) is 11.5 Å². The van der Waals surface area contributed by atoms with Crippen LogP contribution in [0.4, 0.5) is 10.5 Å². The van der Waals surface area contributed by atoms with Gasteiger partial charge in [-0.2, -0.15) is 0 Å². The summed E-state index contributed by atoms with van der Waals surface area (Å²) < 4.78 is 12.9. The van der Waals surface area contributed by atoms with Gasteiger partial charge in [0, 0.05) is 60.4 Å². The molecule has 228 valence electrons. The average Bonchev–Trinajstić information content (AvgIpc) is 3.39. The molecule has 42 heavy (non-hydrogen) atoms. The number of benzene rings is 1. The van der Waals surface area contributed by atoms with Crippen molar-refractivity contribution in [3.8, 4) is 22.8 Å². The van der Waals surface area contributed by atoms with E-state index in [9.17, 15) is 9.90 Å². The highest BCUT2D eigenvalue weighted by Gasteiger charge is 2.38. The molecule has 1 aromatic carbocycles. The molecule has 3 heterocycles. The van der Waals surface area contributed by atoms with Crippen molar-refractivity contribution >= 4 is 29.0 Å². The fourth-order valence-corrected chi connectivity index (χ4v) is 6.79. The minimum absolute atomic E-state index is 0.0575. The van der Waals surface area contributed by atoms with Crippen molar-refractivity contribution in [1.29, 1.82) is 0 Å². The van der Waals surface area contributed by atoms with E-state index in [4.69, 9.17) is 26.1 Å². The maximum atomic E-state index is 11.8. The fraction of sp³-hybridized carbons (Fsp3) is 0.562. The number of carboxylic acid groups (broad SMARTS) is 1. The number of fused-ring (bicyclic) bond motifs is 1. The molecule has 0 radical (unpaired) electrons. The number of aromatic nitrogens is 2. The van der Waals surface area contributed by atoms with Crippen LogP contribution < -0.4 is 20.1 Å². The zero-order valence-electron chi connectivity index (χ0n) is 25.3. The van der Waals surface area contributed by atoms with Crippen LogP contribution in [-0.2, 0) is 0 Å². The van der Waals surface area contributed by atoms with Crippen LogP contribution >= 0.6 is 11.6 Å². The highest BCUT2D eigenvalue weighted by atomic mass is 35.5. The third-order valence-electron chi connectivity index (χ3n) is 8.96. The van der Waals surface area contributed by atoms with E-state index < -0.39 is 6.09 Å². The van der Waals surface area contributed by atoms with Gasteiger partial charge in [-0.25, -0.2) is 9.78 Å². The molecule has 1 saturated heterocycles. The molecule has 10 heteroatoms. The number of pyridine rings is 1. The number of methoxy groups -OCH3 is 2. The second kappa shape index (κ2) is 12.6. The number of nitrogens with zero attached hydrogens (tertiary/aromatic N) is 3. The average molecular weight is 598 g/mol. The van der Waals surface area contributed by atoms with E-state index in [1.54, 1.807) is 25.2 Å². The maximum Gasteiger partial charge on any atom is 0.407 e. The Balaban J connectivity index is 1.14. The Morgan fingerprint density at radius 1 is 1.07 bits per heavy atom. The summed E-state index contributed by atoms with van der Waals surface area (Å²) in [5.41, 5.74) is 3.45. The lowest BCUT2D eigenvalue weighted by molar-refractivity contribution is 0.0398. The monoisotopic (exact) mass is 597 g/mol. The number of hydrogen-bond acceptors (Lipinski definition) is 6. The Morgan fingerprint density at radius 2 is 1.79 bits per heavy atom. The van der Waals surface area contributed by atoms with Gasteiger partial charge < -0.3 is 34.5 Å². The zero-order chi connectivity index (χ0) is 30.0. The molecule has 1 saturated carbocycles. The molecule has 1 aliphatic carbocycles. The lowest BCUT2D eigenvalue weighted by Gasteiger charge is -2.45. The number of hydrogen-bond donors (Lipinski definition) is 3. The fourth-order valence-electron chi connectivity index (χ4n) is 6.55. The summed E-state index contributed by atoms with van der Waals surface area (Å²) in [5.74, 6) is 1.73. The zero-order valence-corrected chi connectivity index (χ0v) is 26.1. The minimum Gasteiger partial charge on any atom is -0.496 e. The second-order valence-corrected chi connectivity index (χ2v) is 13.3. The van der Waals surface area contributed by atoms with Crippen molar-refractivity contribution in [3.63, 3.8) is 0 Å². The van der Waals surface area contributed by atoms with Crippen LogP contribution in [-0.4, -0.2) is 70.9 Å². The van der Waals surface area contributed by atoms with Gasteiger partial charge in [0.1, 0.15) is 17.1 Å². The third-order valence-corrected chi connectivity index (χ3v) is 9.26. The molecule has 0 spiro atoms. The predicted molar refractivity (Wildman–Crippen MR) is 167 cm³/mol. The van der Waals surface area contributed by atoms with Crippen molar-refractivity contribution in [2.24, 2.45) is 11.3 Å². The number of piperidine rings is 1. The highest BCUT2D eigenvalue weighted by Crippen LogP contribution is 2.38. The Hall–Kier alpha value is -3.17. The summed E-state index contributed by atoms with van der Waals surface area (Å²) in [4.78, 5) is 18.3. The van der Waals surface area contributed by atoms with Gasteiger partial charge in [0.25, 0.3) is 0 Å². The first-order valence-electron chi connectivity index (χ1n) is 15.0. The van der Waals surface area contributed by atoms with Crippen LogP contribution in [0, 0.1) is 11.3 Å². The number of anilines is 1. The van der Waals surface area contributed by atoms with Crippen molar-refractivity contribution in [1.82, 2.24) is 19.6 Å². The van der Waals surface area contributed by atoms with Gasteiger partial charge in [-0.1, -0.05) is 32.4 Å². The number of carbonyl (C=O) groups is 1. The van der Waals surface area contributed by atoms with Crippen molar-refractivity contribution in [2.75, 3.05) is 32.6 Å². The number of amides is 1. The van der Waals surface area contributed by atoms with Gasteiger partial charge in [0.2, 0.25) is 0 Å². The van der Waals surface area contributed by atoms with Gasteiger partial charge >= 0.3 is 6.09 Å². The van der Waals surface area contributed by atoms with Crippen LogP contribution in [0.1, 0.15) is 59.3 Å². The van der Waals surface area contributed by atoms with Crippen LogP contribution in [0.15, 0.2) is 36.7 Å². The van der Waals surface area contributed by atoms with E-state index >= 15 is 0 Å².